The maximum atomic E-state index is 12.5. The molecule has 4 N–H and O–H groups in total. The molecule has 2 aliphatic heterocycles. The van der Waals surface area contributed by atoms with Gasteiger partial charge in [-0.2, -0.15) is 0 Å². The van der Waals surface area contributed by atoms with E-state index in [1.807, 2.05) is 12.1 Å². The molecule has 2 aliphatic rings. The Bertz CT molecular complexity index is 915. The van der Waals surface area contributed by atoms with Gasteiger partial charge in [-0.15, -0.1) is 0 Å². The number of nitrogens with two attached hydrogens (primary N) is 1. The van der Waals surface area contributed by atoms with Crippen LogP contribution in [-0.4, -0.2) is 60.1 Å². The molecule has 1 aromatic heterocycles. The minimum absolute atomic E-state index is 0.235. The molecule has 3 heterocycles. The van der Waals surface area contributed by atoms with Crippen molar-refractivity contribution in [1.29, 1.82) is 0 Å². The molecule has 1 unspecified atom stereocenters. The first-order chi connectivity index (χ1) is 13.6. The van der Waals surface area contributed by atoms with Gasteiger partial charge in [0.25, 0.3) is 0 Å². The number of likely N-dealkylation sites (tertiary alicyclic amines) is 1. The number of fused-ring (bicyclic) bond motifs is 1. The Balaban J connectivity index is 1.53. The molecule has 0 aliphatic carbocycles. The second-order valence-electron chi connectivity index (χ2n) is 7.06. The van der Waals surface area contributed by atoms with Crippen LogP contribution in [-0.2, 0) is 22.6 Å². The lowest BCUT2D eigenvalue weighted by Crippen LogP contribution is -2.36. The summed E-state index contributed by atoms with van der Waals surface area (Å²) in [6, 6.07) is 8.34. The molecule has 0 spiro atoms. The molecule has 1 aromatic carbocycles. The van der Waals surface area contributed by atoms with Gasteiger partial charge in [0.05, 0.1) is 19.8 Å². The summed E-state index contributed by atoms with van der Waals surface area (Å²) in [6.45, 7) is 4.51. The highest BCUT2D eigenvalue weighted by molar-refractivity contribution is 6.01. The van der Waals surface area contributed by atoms with Gasteiger partial charge < -0.3 is 25.5 Å². The van der Waals surface area contributed by atoms with Crippen LogP contribution in [0.5, 0.6) is 0 Å². The zero-order chi connectivity index (χ0) is 19.5. The second-order valence-corrected chi connectivity index (χ2v) is 7.06. The first-order valence-corrected chi connectivity index (χ1v) is 9.48. The van der Waals surface area contributed by atoms with E-state index in [2.05, 4.69) is 32.3 Å². The van der Waals surface area contributed by atoms with Crippen molar-refractivity contribution < 1.29 is 9.47 Å². The molecule has 1 saturated heterocycles. The first-order valence-electron chi connectivity index (χ1n) is 9.48. The maximum absolute atomic E-state index is 12.5. The Morgan fingerprint density at radius 3 is 2.75 bits per heavy atom. The fraction of sp³-hybridized carbons (Fsp3) is 0.474. The third kappa shape index (κ3) is 3.96. The summed E-state index contributed by atoms with van der Waals surface area (Å²) in [7, 11) is 1.60. The van der Waals surface area contributed by atoms with Gasteiger partial charge in [0.1, 0.15) is 11.5 Å². The Labute approximate surface area is 163 Å². The van der Waals surface area contributed by atoms with Gasteiger partial charge >= 0.3 is 5.69 Å². The molecule has 0 radical (unpaired) electrons. The number of hydrogen-bond donors (Lipinski definition) is 3. The number of nitrogens with one attached hydrogen (secondary N) is 2. The standard InChI is InChI=1S/C19H26N6O3/c1-27-8-9-28-18-22-16(20)15-17(23-18)25(19(26)21-15)12-14-5-2-4-13(10-14)11-24-6-3-7-24/h2,4-5,10,18,23H,3,6-9,11-12H2,1H3,(H2,20,22)(H,21,26). The van der Waals surface area contributed by atoms with Gasteiger partial charge in [-0.1, -0.05) is 24.3 Å². The summed E-state index contributed by atoms with van der Waals surface area (Å²) in [6.07, 6.45) is 0.620. The molecule has 150 valence electrons. The van der Waals surface area contributed by atoms with Crippen molar-refractivity contribution in [3.63, 3.8) is 0 Å². The lowest BCUT2D eigenvalue weighted by molar-refractivity contribution is 0.0341. The Morgan fingerprint density at radius 1 is 1.25 bits per heavy atom. The number of methoxy groups -OCH3 is 1. The van der Waals surface area contributed by atoms with Gasteiger partial charge in [-0.05, 0) is 30.6 Å². The number of amidine groups is 1. The molecule has 28 heavy (non-hydrogen) atoms. The van der Waals surface area contributed by atoms with Crippen LogP contribution < -0.4 is 16.7 Å². The van der Waals surface area contributed by atoms with Gasteiger partial charge in [0.2, 0.25) is 6.35 Å². The number of rotatable bonds is 8. The average molecular weight is 386 g/mol. The Morgan fingerprint density at radius 2 is 2.04 bits per heavy atom. The minimum Gasteiger partial charge on any atom is -0.382 e. The van der Waals surface area contributed by atoms with E-state index in [0.717, 1.165) is 25.2 Å². The van der Waals surface area contributed by atoms with Crippen LogP contribution in [0.2, 0.25) is 0 Å². The molecule has 0 saturated carbocycles. The average Bonchev–Trinajstić information content (AvgIpc) is 2.95. The van der Waals surface area contributed by atoms with Crippen molar-refractivity contribution in [2.24, 2.45) is 10.7 Å². The molecule has 2 aromatic rings. The van der Waals surface area contributed by atoms with E-state index in [-0.39, 0.29) is 11.5 Å². The van der Waals surface area contributed by atoms with E-state index in [9.17, 15) is 4.79 Å². The highest BCUT2D eigenvalue weighted by Gasteiger charge is 2.25. The Hall–Kier alpha value is -2.62. The van der Waals surface area contributed by atoms with E-state index < -0.39 is 6.35 Å². The van der Waals surface area contributed by atoms with Crippen LogP contribution in [0, 0.1) is 0 Å². The van der Waals surface area contributed by atoms with Crippen LogP contribution in [0.1, 0.15) is 23.2 Å². The predicted molar refractivity (Wildman–Crippen MR) is 106 cm³/mol. The second kappa shape index (κ2) is 8.17. The summed E-state index contributed by atoms with van der Waals surface area (Å²) >= 11 is 0. The summed E-state index contributed by atoms with van der Waals surface area (Å²) in [5.74, 6) is 0.839. The number of anilines is 1. The molecule has 9 nitrogen and oxygen atoms in total. The molecule has 0 amide bonds. The van der Waals surface area contributed by atoms with Crippen LogP contribution in [0.3, 0.4) is 0 Å². The topological polar surface area (TPSA) is 110 Å². The molecule has 0 bridgehead atoms. The lowest BCUT2D eigenvalue weighted by Gasteiger charge is -2.30. The summed E-state index contributed by atoms with van der Waals surface area (Å²) in [5, 5.41) is 3.14. The van der Waals surface area contributed by atoms with Crippen molar-refractivity contribution >= 4 is 11.7 Å². The predicted octanol–water partition coefficient (Wildman–Crippen LogP) is 0.508. The number of nitrogens with zero attached hydrogens (tertiary/aromatic N) is 3. The number of imidazole rings is 1. The molecular formula is C19H26N6O3. The Kier molecular flexibility index (Phi) is 5.47. The SMILES string of the molecule is COCCOC1N=C(N)c2[nH]c(=O)n(Cc3cccc(CN4CCC4)c3)c2N1. The highest BCUT2D eigenvalue weighted by Crippen LogP contribution is 2.21. The van der Waals surface area contributed by atoms with E-state index in [4.69, 9.17) is 15.2 Å². The maximum Gasteiger partial charge on any atom is 0.328 e. The van der Waals surface area contributed by atoms with Crippen molar-refractivity contribution in [3.05, 3.63) is 51.6 Å². The summed E-state index contributed by atoms with van der Waals surface area (Å²) < 4.78 is 12.2. The van der Waals surface area contributed by atoms with Crippen LogP contribution in [0.4, 0.5) is 5.82 Å². The quantitative estimate of drug-likeness (QED) is 0.570. The highest BCUT2D eigenvalue weighted by atomic mass is 16.5. The van der Waals surface area contributed by atoms with Gasteiger partial charge in [0, 0.05) is 13.7 Å². The molecular weight excluding hydrogens is 360 g/mol. The van der Waals surface area contributed by atoms with Crippen LogP contribution in [0.15, 0.2) is 34.1 Å². The van der Waals surface area contributed by atoms with Crippen molar-refractivity contribution in [2.45, 2.75) is 25.9 Å². The fourth-order valence-corrected chi connectivity index (χ4v) is 3.43. The van der Waals surface area contributed by atoms with E-state index in [0.29, 0.717) is 31.3 Å². The van der Waals surface area contributed by atoms with Gasteiger partial charge in [-0.3, -0.25) is 9.47 Å². The van der Waals surface area contributed by atoms with E-state index >= 15 is 0 Å². The zero-order valence-corrected chi connectivity index (χ0v) is 16.0. The monoisotopic (exact) mass is 386 g/mol. The third-order valence-corrected chi connectivity index (χ3v) is 5.01. The number of ether oxygens (including phenoxy) is 2. The number of aromatic nitrogens is 2. The van der Waals surface area contributed by atoms with Gasteiger partial charge in [-0.25, -0.2) is 9.79 Å². The first kappa shape index (κ1) is 18.7. The minimum atomic E-state index is -0.651. The number of benzene rings is 1. The molecule has 1 fully saturated rings. The smallest absolute Gasteiger partial charge is 0.328 e. The lowest BCUT2D eigenvalue weighted by atomic mass is 10.1. The van der Waals surface area contributed by atoms with Crippen LogP contribution >= 0.6 is 0 Å². The number of aromatic amines is 1. The van der Waals surface area contributed by atoms with E-state index in [1.54, 1.807) is 11.7 Å². The third-order valence-electron chi connectivity index (χ3n) is 5.01. The summed E-state index contributed by atoms with van der Waals surface area (Å²) in [4.78, 5) is 22.0. The molecule has 1 atom stereocenters. The van der Waals surface area contributed by atoms with Gasteiger partial charge in [0.15, 0.2) is 5.84 Å². The number of hydrogen-bond acceptors (Lipinski definition) is 7. The molecule has 9 heteroatoms. The van der Waals surface area contributed by atoms with Crippen LogP contribution in [0.25, 0.3) is 0 Å². The van der Waals surface area contributed by atoms with Crippen molar-refractivity contribution in [3.8, 4) is 0 Å². The van der Waals surface area contributed by atoms with Crippen molar-refractivity contribution in [1.82, 2.24) is 14.5 Å². The van der Waals surface area contributed by atoms with E-state index in [1.165, 1.54) is 12.0 Å². The van der Waals surface area contributed by atoms with Crippen molar-refractivity contribution in [2.75, 3.05) is 38.7 Å². The number of H-pyrrole nitrogens is 1. The largest absolute Gasteiger partial charge is 0.382 e. The zero-order valence-electron chi connectivity index (χ0n) is 16.0. The fourth-order valence-electron chi connectivity index (χ4n) is 3.43. The summed E-state index contributed by atoms with van der Waals surface area (Å²) in [5.41, 5.74) is 8.60. The number of aliphatic imine (C=N–C) groups is 1. The molecule has 4 rings (SSSR count). The normalized spacial score (nSPS) is 18.9.